The van der Waals surface area contributed by atoms with Crippen LogP contribution in [0.3, 0.4) is 0 Å². The summed E-state index contributed by atoms with van der Waals surface area (Å²) in [6.07, 6.45) is 5.38. The van der Waals surface area contributed by atoms with Gasteiger partial charge in [-0.25, -0.2) is 4.68 Å². The average molecular weight is 278 g/mol. The second-order valence-corrected chi connectivity index (χ2v) is 6.07. The maximum atomic E-state index is 5.47. The molecule has 0 saturated carbocycles. The van der Waals surface area contributed by atoms with Crippen molar-refractivity contribution in [1.29, 1.82) is 0 Å². The van der Waals surface area contributed by atoms with Crippen molar-refractivity contribution >= 4 is 0 Å². The number of hydrogen-bond acceptors (Lipinski definition) is 4. The molecule has 3 heterocycles. The van der Waals surface area contributed by atoms with Crippen molar-refractivity contribution in [3.8, 4) is 5.88 Å². The van der Waals surface area contributed by atoms with Crippen LogP contribution in [0.5, 0.6) is 5.88 Å². The van der Waals surface area contributed by atoms with Gasteiger partial charge in [0.1, 0.15) is 0 Å². The predicted octanol–water partition coefficient (Wildman–Crippen LogP) is 1.45. The molecule has 0 aliphatic carbocycles. The van der Waals surface area contributed by atoms with E-state index in [1.807, 2.05) is 11.7 Å². The molecule has 2 fully saturated rings. The molecule has 2 atom stereocenters. The highest BCUT2D eigenvalue weighted by molar-refractivity contribution is 5.30. The lowest BCUT2D eigenvalue weighted by molar-refractivity contribution is 0.180. The van der Waals surface area contributed by atoms with Crippen LogP contribution in [0.25, 0.3) is 0 Å². The number of nitrogens with zero attached hydrogens (tertiary/aromatic N) is 3. The molecule has 0 radical (unpaired) electrons. The van der Waals surface area contributed by atoms with E-state index in [9.17, 15) is 0 Å². The maximum Gasteiger partial charge on any atom is 0.216 e. The normalized spacial score (nSPS) is 26.8. The highest BCUT2D eigenvalue weighted by Gasteiger charge is 2.35. The van der Waals surface area contributed by atoms with Crippen molar-refractivity contribution in [1.82, 2.24) is 20.0 Å². The third-order valence-electron chi connectivity index (χ3n) is 4.88. The number of fused-ring (bicyclic) bond motifs is 1. The molecule has 0 spiro atoms. The Labute approximate surface area is 121 Å². The molecule has 5 nitrogen and oxygen atoms in total. The van der Waals surface area contributed by atoms with Crippen LogP contribution in [0.4, 0.5) is 0 Å². The number of aryl methyl sites for hydroxylation is 2. The van der Waals surface area contributed by atoms with E-state index in [0.29, 0.717) is 6.04 Å². The van der Waals surface area contributed by atoms with Gasteiger partial charge in [0.15, 0.2) is 0 Å². The van der Waals surface area contributed by atoms with Crippen molar-refractivity contribution in [2.75, 3.05) is 20.2 Å². The SMILES string of the molecule is COc1c(CN[C@@H]2CCN3CCCC[C@H]23)c(C)nn1C. The molecule has 2 aliphatic rings. The minimum atomic E-state index is 0.625. The summed E-state index contributed by atoms with van der Waals surface area (Å²) in [6.45, 7) is 5.46. The van der Waals surface area contributed by atoms with Gasteiger partial charge in [-0.3, -0.25) is 4.90 Å². The molecule has 112 valence electrons. The van der Waals surface area contributed by atoms with Gasteiger partial charge in [-0.2, -0.15) is 5.10 Å². The number of methoxy groups -OCH3 is 1. The molecule has 2 saturated heterocycles. The summed E-state index contributed by atoms with van der Waals surface area (Å²) in [4.78, 5) is 2.66. The van der Waals surface area contributed by atoms with Crippen molar-refractivity contribution in [2.24, 2.45) is 7.05 Å². The Hall–Kier alpha value is -1.07. The minimum Gasteiger partial charge on any atom is -0.481 e. The second-order valence-electron chi connectivity index (χ2n) is 6.07. The molecule has 0 unspecified atom stereocenters. The average Bonchev–Trinajstić information content (AvgIpc) is 2.97. The molecule has 3 rings (SSSR count). The van der Waals surface area contributed by atoms with Crippen LogP contribution in [-0.2, 0) is 13.6 Å². The number of piperidine rings is 1. The molecule has 1 aromatic heterocycles. The molecule has 2 aliphatic heterocycles. The Bertz CT molecular complexity index is 471. The van der Waals surface area contributed by atoms with Crippen LogP contribution in [0.2, 0.25) is 0 Å². The fourth-order valence-corrected chi connectivity index (χ4v) is 3.86. The summed E-state index contributed by atoms with van der Waals surface area (Å²) in [5, 5.41) is 8.20. The van der Waals surface area contributed by atoms with Crippen LogP contribution in [0, 0.1) is 6.92 Å². The second kappa shape index (κ2) is 5.74. The van der Waals surface area contributed by atoms with Crippen LogP contribution in [0.1, 0.15) is 36.9 Å². The molecular formula is C15H26N4O. The summed E-state index contributed by atoms with van der Waals surface area (Å²) in [7, 11) is 3.66. The zero-order valence-electron chi connectivity index (χ0n) is 12.9. The van der Waals surface area contributed by atoms with Crippen molar-refractivity contribution in [3.05, 3.63) is 11.3 Å². The summed E-state index contributed by atoms with van der Waals surface area (Å²) in [5.74, 6) is 0.883. The standard InChI is InChI=1S/C15H26N4O/c1-11-12(15(20-3)18(2)17-11)10-16-13-7-9-19-8-5-4-6-14(13)19/h13-14,16H,4-10H2,1-3H3/t13-,14-/m1/s1. The molecule has 5 heteroatoms. The van der Waals surface area contributed by atoms with Crippen LogP contribution in [-0.4, -0.2) is 47.0 Å². The first-order chi connectivity index (χ1) is 9.70. The Morgan fingerprint density at radius 1 is 1.30 bits per heavy atom. The molecule has 1 aromatic rings. The van der Waals surface area contributed by atoms with Gasteiger partial charge in [0.05, 0.1) is 18.4 Å². The largest absolute Gasteiger partial charge is 0.481 e. The molecule has 1 N–H and O–H groups in total. The number of ether oxygens (including phenoxy) is 1. The summed E-state index contributed by atoms with van der Waals surface area (Å²) in [5.41, 5.74) is 2.26. The van der Waals surface area contributed by atoms with E-state index in [2.05, 4.69) is 22.2 Å². The van der Waals surface area contributed by atoms with Crippen molar-refractivity contribution in [2.45, 2.75) is 51.2 Å². The highest BCUT2D eigenvalue weighted by Crippen LogP contribution is 2.28. The summed E-state index contributed by atoms with van der Waals surface area (Å²) in [6, 6.07) is 1.37. The van der Waals surface area contributed by atoms with E-state index in [1.54, 1.807) is 7.11 Å². The van der Waals surface area contributed by atoms with Gasteiger partial charge >= 0.3 is 0 Å². The van der Waals surface area contributed by atoms with Crippen molar-refractivity contribution in [3.63, 3.8) is 0 Å². The first kappa shape index (κ1) is 13.9. The minimum absolute atomic E-state index is 0.625. The smallest absolute Gasteiger partial charge is 0.216 e. The van der Waals surface area contributed by atoms with Crippen LogP contribution in [0.15, 0.2) is 0 Å². The first-order valence-corrected chi connectivity index (χ1v) is 7.74. The van der Waals surface area contributed by atoms with E-state index in [4.69, 9.17) is 4.74 Å². The lowest BCUT2D eigenvalue weighted by atomic mass is 9.99. The van der Waals surface area contributed by atoms with Crippen molar-refractivity contribution < 1.29 is 4.74 Å². The van der Waals surface area contributed by atoms with Gasteiger partial charge in [-0.05, 0) is 32.7 Å². The van der Waals surface area contributed by atoms with Gasteiger partial charge in [0.25, 0.3) is 0 Å². The molecule has 20 heavy (non-hydrogen) atoms. The lowest BCUT2D eigenvalue weighted by Gasteiger charge is -2.32. The molecule has 0 amide bonds. The number of hydrogen-bond donors (Lipinski definition) is 1. The van der Waals surface area contributed by atoms with Crippen LogP contribution < -0.4 is 10.1 Å². The fraction of sp³-hybridized carbons (Fsp3) is 0.800. The van der Waals surface area contributed by atoms with Gasteiger partial charge in [-0.15, -0.1) is 0 Å². The number of aromatic nitrogens is 2. The quantitative estimate of drug-likeness (QED) is 0.905. The Morgan fingerprint density at radius 2 is 2.15 bits per heavy atom. The fourth-order valence-electron chi connectivity index (χ4n) is 3.86. The number of nitrogens with one attached hydrogen (secondary N) is 1. The van der Waals surface area contributed by atoms with Gasteiger partial charge in [0, 0.05) is 32.2 Å². The molecule has 0 aromatic carbocycles. The summed E-state index contributed by atoms with van der Waals surface area (Å²) < 4.78 is 7.30. The zero-order valence-corrected chi connectivity index (χ0v) is 12.9. The van der Waals surface area contributed by atoms with Gasteiger partial charge in [0.2, 0.25) is 5.88 Å². The topological polar surface area (TPSA) is 42.3 Å². The third kappa shape index (κ3) is 2.44. The predicted molar refractivity (Wildman–Crippen MR) is 79.0 cm³/mol. The molecular weight excluding hydrogens is 252 g/mol. The van der Waals surface area contributed by atoms with E-state index in [1.165, 1.54) is 44.3 Å². The van der Waals surface area contributed by atoms with E-state index in [0.717, 1.165) is 24.2 Å². The molecule has 0 bridgehead atoms. The number of rotatable bonds is 4. The van der Waals surface area contributed by atoms with Gasteiger partial charge < -0.3 is 10.1 Å². The van der Waals surface area contributed by atoms with Crippen LogP contribution >= 0.6 is 0 Å². The Morgan fingerprint density at radius 3 is 2.95 bits per heavy atom. The Balaban J connectivity index is 1.65. The summed E-state index contributed by atoms with van der Waals surface area (Å²) >= 11 is 0. The first-order valence-electron chi connectivity index (χ1n) is 7.74. The van der Waals surface area contributed by atoms with E-state index < -0.39 is 0 Å². The zero-order chi connectivity index (χ0) is 14.1. The van der Waals surface area contributed by atoms with E-state index in [-0.39, 0.29) is 0 Å². The highest BCUT2D eigenvalue weighted by atomic mass is 16.5. The van der Waals surface area contributed by atoms with Gasteiger partial charge in [-0.1, -0.05) is 6.42 Å². The maximum absolute atomic E-state index is 5.47. The third-order valence-corrected chi connectivity index (χ3v) is 4.88. The lowest BCUT2D eigenvalue weighted by Crippen LogP contribution is -2.44. The monoisotopic (exact) mass is 278 g/mol. The Kier molecular flexibility index (Phi) is 3.98. The van der Waals surface area contributed by atoms with E-state index >= 15 is 0 Å².